The highest BCUT2D eigenvalue weighted by Gasteiger charge is 2.39. The van der Waals surface area contributed by atoms with Gasteiger partial charge in [-0.15, -0.1) is 0 Å². The van der Waals surface area contributed by atoms with Gasteiger partial charge in [-0.2, -0.15) is 0 Å². The lowest BCUT2D eigenvalue weighted by Crippen LogP contribution is -2.39. The average Bonchev–Trinajstić information content (AvgIpc) is 2.53. The largest absolute Gasteiger partial charge is 0.299 e. The first-order valence-corrected chi connectivity index (χ1v) is 6.32. The Hall–Kier alpha value is -2.04. The lowest BCUT2D eigenvalue weighted by molar-refractivity contribution is -0.126. The van der Waals surface area contributed by atoms with Crippen molar-refractivity contribution in [2.24, 2.45) is 5.41 Å². The molecule has 0 radical (unpaired) electrons. The van der Waals surface area contributed by atoms with Crippen molar-refractivity contribution in [2.45, 2.75) is 27.7 Å². The molecule has 0 saturated carbocycles. The summed E-state index contributed by atoms with van der Waals surface area (Å²) in [4.78, 5) is 37.1. The summed E-state index contributed by atoms with van der Waals surface area (Å²) in [5, 5.41) is 0. The second-order valence-electron chi connectivity index (χ2n) is 6.01. The summed E-state index contributed by atoms with van der Waals surface area (Å²) in [5.74, 6) is -2.25. The molecule has 1 aromatic rings. The van der Waals surface area contributed by atoms with Crippen LogP contribution < -0.4 is 4.90 Å². The predicted molar refractivity (Wildman–Crippen MR) is 72.3 cm³/mol. The zero-order valence-electron chi connectivity index (χ0n) is 11.9. The molecule has 4 nitrogen and oxygen atoms in total. The summed E-state index contributed by atoms with van der Waals surface area (Å²) in [6.07, 6.45) is 0. The van der Waals surface area contributed by atoms with Crippen molar-refractivity contribution in [3.8, 4) is 0 Å². The maximum Gasteiger partial charge on any atom is 0.299 e. The van der Waals surface area contributed by atoms with E-state index < -0.39 is 22.9 Å². The van der Waals surface area contributed by atoms with Crippen molar-refractivity contribution in [3.05, 3.63) is 29.1 Å². The van der Waals surface area contributed by atoms with Gasteiger partial charge in [-0.1, -0.05) is 20.8 Å². The molecule has 5 heteroatoms. The molecule has 1 aliphatic heterocycles. The monoisotopic (exact) mass is 277 g/mol. The van der Waals surface area contributed by atoms with Gasteiger partial charge in [-0.3, -0.25) is 19.3 Å². The quantitative estimate of drug-likeness (QED) is 0.779. The molecule has 1 amide bonds. The van der Waals surface area contributed by atoms with Gasteiger partial charge in [0.15, 0.2) is 5.78 Å². The first-order chi connectivity index (χ1) is 9.12. The Balaban J connectivity index is 2.46. The van der Waals surface area contributed by atoms with Crippen LogP contribution in [0.2, 0.25) is 0 Å². The van der Waals surface area contributed by atoms with Crippen molar-refractivity contribution in [1.29, 1.82) is 0 Å². The SMILES string of the molecule is Cc1cc(F)cc2c1N(CC(=O)C(C)(C)C)C(=O)C2=O. The lowest BCUT2D eigenvalue weighted by Gasteiger charge is -2.23. The Morgan fingerprint density at radius 3 is 2.40 bits per heavy atom. The highest BCUT2D eigenvalue weighted by molar-refractivity contribution is 6.52. The minimum atomic E-state index is -0.772. The summed E-state index contributed by atoms with van der Waals surface area (Å²) >= 11 is 0. The van der Waals surface area contributed by atoms with E-state index in [1.165, 1.54) is 6.07 Å². The molecule has 0 saturated heterocycles. The molecule has 106 valence electrons. The number of carbonyl (C=O) groups is 3. The summed E-state index contributed by atoms with van der Waals surface area (Å²) < 4.78 is 13.4. The molecule has 2 rings (SSSR count). The predicted octanol–water partition coefficient (Wildman–Crippen LogP) is 2.28. The number of fused-ring (bicyclic) bond motifs is 1. The number of hydrogen-bond acceptors (Lipinski definition) is 3. The number of benzene rings is 1. The van der Waals surface area contributed by atoms with Crippen molar-refractivity contribution in [3.63, 3.8) is 0 Å². The van der Waals surface area contributed by atoms with Crippen LogP contribution in [0.15, 0.2) is 12.1 Å². The Kier molecular flexibility index (Phi) is 3.24. The molecular weight excluding hydrogens is 261 g/mol. The molecule has 0 bridgehead atoms. The van der Waals surface area contributed by atoms with E-state index >= 15 is 0 Å². The maximum absolute atomic E-state index is 13.4. The fraction of sp³-hybridized carbons (Fsp3) is 0.400. The van der Waals surface area contributed by atoms with Crippen LogP contribution in [0, 0.1) is 18.2 Å². The van der Waals surface area contributed by atoms with E-state index in [4.69, 9.17) is 0 Å². The van der Waals surface area contributed by atoms with Gasteiger partial charge in [-0.05, 0) is 24.6 Å². The molecule has 0 unspecified atom stereocenters. The number of halogens is 1. The normalized spacial score (nSPS) is 14.8. The number of Topliss-reactive ketones (excluding diaryl/α,β-unsaturated/α-hetero) is 2. The second-order valence-corrected chi connectivity index (χ2v) is 6.01. The highest BCUT2D eigenvalue weighted by Crippen LogP contribution is 2.33. The minimum Gasteiger partial charge on any atom is -0.297 e. The molecule has 1 aliphatic rings. The Bertz CT molecular complexity index is 629. The standard InChI is InChI=1S/C15H16FNO3/c1-8-5-9(16)6-10-12(8)17(14(20)13(10)19)7-11(18)15(2,3)4/h5-6H,7H2,1-4H3. The zero-order valence-corrected chi connectivity index (χ0v) is 11.9. The van der Waals surface area contributed by atoms with Crippen LogP contribution in [-0.2, 0) is 9.59 Å². The van der Waals surface area contributed by atoms with E-state index in [0.29, 0.717) is 11.3 Å². The maximum atomic E-state index is 13.4. The molecule has 0 fully saturated rings. The molecule has 0 aliphatic carbocycles. The number of carbonyl (C=O) groups excluding carboxylic acids is 3. The molecule has 0 spiro atoms. The van der Waals surface area contributed by atoms with Gasteiger partial charge in [0.2, 0.25) is 0 Å². The first kappa shape index (κ1) is 14.4. The second kappa shape index (κ2) is 4.51. The molecule has 20 heavy (non-hydrogen) atoms. The minimum absolute atomic E-state index is 0.0363. The fourth-order valence-corrected chi connectivity index (χ4v) is 2.14. The Labute approximate surface area is 116 Å². The smallest absolute Gasteiger partial charge is 0.297 e. The van der Waals surface area contributed by atoms with Gasteiger partial charge in [-0.25, -0.2) is 4.39 Å². The van der Waals surface area contributed by atoms with E-state index in [2.05, 4.69) is 0 Å². The third kappa shape index (κ3) is 2.24. The summed E-state index contributed by atoms with van der Waals surface area (Å²) in [5.41, 5.74) is 0.245. The van der Waals surface area contributed by atoms with Gasteiger partial charge in [0.05, 0.1) is 17.8 Å². The fourth-order valence-electron chi connectivity index (χ4n) is 2.14. The van der Waals surface area contributed by atoms with E-state index in [0.717, 1.165) is 11.0 Å². The molecule has 0 atom stereocenters. The molecule has 0 aromatic heterocycles. The van der Waals surface area contributed by atoms with Gasteiger partial charge in [0, 0.05) is 5.41 Å². The number of anilines is 1. The van der Waals surface area contributed by atoms with Gasteiger partial charge < -0.3 is 0 Å². The summed E-state index contributed by atoms with van der Waals surface area (Å²) in [7, 11) is 0. The van der Waals surface area contributed by atoms with Crippen LogP contribution in [0.4, 0.5) is 10.1 Å². The van der Waals surface area contributed by atoms with Crippen molar-refractivity contribution < 1.29 is 18.8 Å². The number of rotatable bonds is 2. The number of ketones is 2. The molecule has 1 aromatic carbocycles. The highest BCUT2D eigenvalue weighted by atomic mass is 19.1. The van der Waals surface area contributed by atoms with Crippen LogP contribution in [-0.4, -0.2) is 24.0 Å². The molecule has 0 N–H and O–H groups in total. The van der Waals surface area contributed by atoms with E-state index in [9.17, 15) is 18.8 Å². The first-order valence-electron chi connectivity index (χ1n) is 6.32. The third-order valence-corrected chi connectivity index (χ3v) is 3.36. The summed E-state index contributed by atoms with van der Waals surface area (Å²) in [6, 6.07) is 2.30. The summed E-state index contributed by atoms with van der Waals surface area (Å²) in [6.45, 7) is 6.68. The van der Waals surface area contributed by atoms with Crippen molar-refractivity contribution in [1.82, 2.24) is 0 Å². The number of aryl methyl sites for hydroxylation is 1. The van der Waals surface area contributed by atoms with E-state index in [1.807, 2.05) is 0 Å². The van der Waals surface area contributed by atoms with Gasteiger partial charge in [0.25, 0.3) is 11.7 Å². The van der Waals surface area contributed by atoms with Crippen molar-refractivity contribution in [2.75, 3.05) is 11.4 Å². The van der Waals surface area contributed by atoms with Crippen LogP contribution in [0.3, 0.4) is 0 Å². The van der Waals surface area contributed by atoms with Crippen LogP contribution in [0.25, 0.3) is 0 Å². The number of hydrogen-bond donors (Lipinski definition) is 0. The van der Waals surface area contributed by atoms with E-state index in [-0.39, 0.29) is 17.9 Å². The topological polar surface area (TPSA) is 54.5 Å². The van der Waals surface area contributed by atoms with Crippen LogP contribution in [0.5, 0.6) is 0 Å². The van der Waals surface area contributed by atoms with Crippen LogP contribution >= 0.6 is 0 Å². The van der Waals surface area contributed by atoms with Crippen molar-refractivity contribution >= 4 is 23.2 Å². The van der Waals surface area contributed by atoms with Crippen LogP contribution in [0.1, 0.15) is 36.7 Å². The Morgan fingerprint density at radius 1 is 1.25 bits per heavy atom. The van der Waals surface area contributed by atoms with Gasteiger partial charge >= 0.3 is 0 Å². The lowest BCUT2D eigenvalue weighted by atomic mass is 9.90. The van der Waals surface area contributed by atoms with Gasteiger partial charge in [0.1, 0.15) is 5.82 Å². The zero-order chi connectivity index (χ0) is 15.2. The van der Waals surface area contributed by atoms with E-state index in [1.54, 1.807) is 27.7 Å². The Morgan fingerprint density at radius 2 is 1.85 bits per heavy atom. The average molecular weight is 277 g/mol. The number of nitrogens with zero attached hydrogens (tertiary/aromatic N) is 1. The molecular formula is C15H16FNO3. The third-order valence-electron chi connectivity index (χ3n) is 3.36. The number of amides is 1. The molecule has 1 heterocycles.